The molecular weight excluding hydrogens is 402 g/mol. The van der Waals surface area contributed by atoms with Crippen molar-refractivity contribution < 1.29 is 18.0 Å². The van der Waals surface area contributed by atoms with Gasteiger partial charge >= 0.3 is 6.18 Å². The van der Waals surface area contributed by atoms with Crippen molar-refractivity contribution in [2.24, 2.45) is 0 Å². The summed E-state index contributed by atoms with van der Waals surface area (Å²) in [6.07, 6.45) is 0.870. The third-order valence-corrected chi connectivity index (χ3v) is 5.24. The minimum atomic E-state index is -4.51. The molecule has 0 unspecified atom stereocenters. The van der Waals surface area contributed by atoms with E-state index < -0.39 is 11.7 Å². The molecule has 1 aliphatic rings. The summed E-state index contributed by atoms with van der Waals surface area (Å²) in [7, 11) is 0. The van der Waals surface area contributed by atoms with Gasteiger partial charge in [0.05, 0.1) is 21.8 Å². The number of amides is 1. The summed E-state index contributed by atoms with van der Waals surface area (Å²) in [5, 5.41) is 2.96. The summed E-state index contributed by atoms with van der Waals surface area (Å²) in [5.74, 6) is -0.652. The van der Waals surface area contributed by atoms with Crippen LogP contribution in [0.15, 0.2) is 30.6 Å². The molecule has 0 saturated heterocycles. The number of hydrogen-bond donors (Lipinski definition) is 1. The minimum absolute atomic E-state index is 0.0459. The monoisotopic (exact) mass is 417 g/mol. The molecule has 0 spiro atoms. The third kappa shape index (κ3) is 4.52. The predicted octanol–water partition coefficient (Wildman–Crippen LogP) is 5.26. The number of hydrogen-bond acceptors (Lipinski definition) is 3. The maximum Gasteiger partial charge on any atom is 0.417 e. The van der Waals surface area contributed by atoms with Crippen LogP contribution in [0.25, 0.3) is 0 Å². The number of nitrogens with zero attached hydrogens (tertiary/aromatic N) is 2. The highest BCUT2D eigenvalue weighted by Crippen LogP contribution is 2.38. The fourth-order valence-corrected chi connectivity index (χ4v) is 3.82. The maximum absolute atomic E-state index is 12.8. The van der Waals surface area contributed by atoms with Gasteiger partial charge in [-0.05, 0) is 31.0 Å². The number of carbonyl (C=O) groups is 1. The predicted molar refractivity (Wildman–Crippen MR) is 96.0 cm³/mol. The lowest BCUT2D eigenvalue weighted by Crippen LogP contribution is -2.41. The number of aromatic nitrogens is 2. The van der Waals surface area contributed by atoms with Gasteiger partial charge in [-0.1, -0.05) is 36.0 Å². The van der Waals surface area contributed by atoms with E-state index in [1.807, 2.05) is 0 Å². The van der Waals surface area contributed by atoms with Gasteiger partial charge in [-0.25, -0.2) is 4.98 Å². The fourth-order valence-electron chi connectivity index (χ4n) is 3.31. The lowest BCUT2D eigenvalue weighted by atomic mass is 9.82. The molecule has 2 aromatic rings. The van der Waals surface area contributed by atoms with Gasteiger partial charge < -0.3 is 5.32 Å². The number of halogens is 5. The van der Waals surface area contributed by atoms with E-state index in [2.05, 4.69) is 15.3 Å². The highest BCUT2D eigenvalue weighted by molar-refractivity contribution is 6.32. The van der Waals surface area contributed by atoms with Gasteiger partial charge in [-0.15, -0.1) is 0 Å². The van der Waals surface area contributed by atoms with Gasteiger partial charge in [0.1, 0.15) is 5.15 Å². The standard InChI is InChI=1S/C18H16Cl2F3N3O/c19-13-8-10(18(21,22)23)9-25-15(13)11-4-1-2-6-14(11)26-17(27)12-5-3-7-24-16(12)20/h3,5,7-9,11,14H,1-2,4,6H2,(H,26,27)/t11-,14-/m1/s1. The lowest BCUT2D eigenvalue weighted by Gasteiger charge is -2.32. The van der Waals surface area contributed by atoms with E-state index in [1.54, 1.807) is 12.1 Å². The van der Waals surface area contributed by atoms with Crippen LogP contribution in [-0.4, -0.2) is 21.9 Å². The first-order valence-corrected chi connectivity index (χ1v) is 9.17. The van der Waals surface area contributed by atoms with E-state index in [0.29, 0.717) is 18.5 Å². The molecule has 0 aromatic carbocycles. The maximum atomic E-state index is 12.8. The topological polar surface area (TPSA) is 54.9 Å². The van der Waals surface area contributed by atoms with Gasteiger partial charge in [-0.3, -0.25) is 9.78 Å². The largest absolute Gasteiger partial charge is 0.417 e. The van der Waals surface area contributed by atoms with Crippen molar-refractivity contribution >= 4 is 29.1 Å². The second kappa shape index (κ2) is 8.02. The molecule has 144 valence electrons. The van der Waals surface area contributed by atoms with E-state index >= 15 is 0 Å². The van der Waals surface area contributed by atoms with E-state index in [-0.39, 0.29) is 33.6 Å². The molecule has 2 heterocycles. The molecule has 27 heavy (non-hydrogen) atoms. The summed E-state index contributed by atoms with van der Waals surface area (Å²) < 4.78 is 38.5. The first-order valence-electron chi connectivity index (χ1n) is 8.41. The van der Waals surface area contributed by atoms with E-state index in [0.717, 1.165) is 25.1 Å². The van der Waals surface area contributed by atoms with Crippen molar-refractivity contribution in [1.82, 2.24) is 15.3 Å². The molecule has 4 nitrogen and oxygen atoms in total. The summed E-state index contributed by atoms with van der Waals surface area (Å²) >= 11 is 12.1. The van der Waals surface area contributed by atoms with E-state index in [4.69, 9.17) is 23.2 Å². The first-order chi connectivity index (χ1) is 12.8. The van der Waals surface area contributed by atoms with Gasteiger partial charge in [0, 0.05) is 24.4 Å². The molecule has 1 N–H and O–H groups in total. The molecule has 1 fully saturated rings. The smallest absolute Gasteiger partial charge is 0.349 e. The average Bonchev–Trinajstić information content (AvgIpc) is 2.62. The lowest BCUT2D eigenvalue weighted by molar-refractivity contribution is -0.137. The molecule has 0 radical (unpaired) electrons. The molecule has 1 saturated carbocycles. The Bertz CT molecular complexity index is 845. The quantitative estimate of drug-likeness (QED) is 0.692. The van der Waals surface area contributed by atoms with Crippen molar-refractivity contribution in [3.8, 4) is 0 Å². The van der Waals surface area contributed by atoms with Gasteiger partial charge in [0.25, 0.3) is 5.91 Å². The zero-order valence-corrected chi connectivity index (χ0v) is 15.6. The molecule has 0 aliphatic heterocycles. The molecule has 0 bridgehead atoms. The Balaban J connectivity index is 1.84. The van der Waals surface area contributed by atoms with Crippen molar-refractivity contribution in [2.75, 3.05) is 0 Å². The molecule has 2 aromatic heterocycles. The number of pyridine rings is 2. The summed E-state index contributed by atoms with van der Waals surface area (Å²) in [6.45, 7) is 0. The Morgan fingerprint density at radius 1 is 1.19 bits per heavy atom. The van der Waals surface area contributed by atoms with E-state index in [9.17, 15) is 18.0 Å². The highest BCUT2D eigenvalue weighted by Gasteiger charge is 2.34. The van der Waals surface area contributed by atoms with Crippen molar-refractivity contribution in [3.63, 3.8) is 0 Å². The molecule has 9 heteroatoms. The van der Waals surface area contributed by atoms with Crippen LogP contribution in [-0.2, 0) is 6.18 Å². The van der Waals surface area contributed by atoms with Gasteiger partial charge in [0.2, 0.25) is 0 Å². The first kappa shape index (κ1) is 19.9. The Hall–Kier alpha value is -1.86. The Morgan fingerprint density at radius 3 is 2.59 bits per heavy atom. The normalized spacial score (nSPS) is 20.3. The van der Waals surface area contributed by atoms with Crippen LogP contribution in [0.5, 0.6) is 0 Å². The summed E-state index contributed by atoms with van der Waals surface area (Å²) in [6, 6.07) is 3.75. The molecule has 1 amide bonds. The Labute approximate surface area is 164 Å². The molecule has 2 atom stereocenters. The van der Waals surface area contributed by atoms with Crippen molar-refractivity contribution in [3.05, 3.63) is 57.6 Å². The van der Waals surface area contributed by atoms with Crippen molar-refractivity contribution in [2.45, 2.75) is 43.8 Å². The SMILES string of the molecule is O=C(N[C@@H]1CCCC[C@H]1c1ncc(C(F)(F)F)cc1Cl)c1cccnc1Cl. The average molecular weight is 418 g/mol. The van der Waals surface area contributed by atoms with E-state index in [1.165, 1.54) is 6.20 Å². The van der Waals surface area contributed by atoms with Crippen molar-refractivity contribution in [1.29, 1.82) is 0 Å². The highest BCUT2D eigenvalue weighted by atomic mass is 35.5. The fraction of sp³-hybridized carbons (Fsp3) is 0.389. The summed E-state index contributed by atoms with van der Waals surface area (Å²) in [4.78, 5) is 20.4. The third-order valence-electron chi connectivity index (χ3n) is 4.63. The number of carbonyl (C=O) groups excluding carboxylic acids is 1. The number of alkyl halides is 3. The van der Waals surface area contributed by atoms with Gasteiger partial charge in [-0.2, -0.15) is 13.2 Å². The second-order valence-corrected chi connectivity index (χ2v) is 7.17. The zero-order valence-electron chi connectivity index (χ0n) is 14.1. The number of nitrogens with one attached hydrogen (secondary N) is 1. The molecular formula is C18H16Cl2F3N3O. The summed E-state index contributed by atoms with van der Waals surface area (Å²) in [5.41, 5.74) is -0.281. The molecule has 1 aliphatic carbocycles. The Kier molecular flexibility index (Phi) is 5.91. The second-order valence-electron chi connectivity index (χ2n) is 6.40. The molecule has 3 rings (SSSR count). The minimum Gasteiger partial charge on any atom is -0.349 e. The van der Waals surface area contributed by atoms with Crippen LogP contribution in [0.1, 0.15) is 53.2 Å². The van der Waals surface area contributed by atoms with Crippen LogP contribution >= 0.6 is 23.2 Å². The van der Waals surface area contributed by atoms with Crippen LogP contribution in [0.4, 0.5) is 13.2 Å². The van der Waals surface area contributed by atoms with Crippen LogP contribution in [0, 0.1) is 0 Å². The zero-order chi connectivity index (χ0) is 19.6. The van der Waals surface area contributed by atoms with Crippen LogP contribution in [0.3, 0.4) is 0 Å². The van der Waals surface area contributed by atoms with Crippen LogP contribution < -0.4 is 5.32 Å². The van der Waals surface area contributed by atoms with Gasteiger partial charge in [0.15, 0.2) is 0 Å². The number of rotatable bonds is 3. The Morgan fingerprint density at radius 2 is 1.93 bits per heavy atom. The van der Waals surface area contributed by atoms with Crippen LogP contribution in [0.2, 0.25) is 10.2 Å².